The Morgan fingerprint density at radius 2 is 2.07 bits per heavy atom. The highest BCUT2D eigenvalue weighted by Crippen LogP contribution is 2.24. The second-order valence-electron chi connectivity index (χ2n) is 6.63. The van der Waals surface area contributed by atoms with E-state index in [2.05, 4.69) is 25.9 Å². The van der Waals surface area contributed by atoms with E-state index in [1.807, 2.05) is 42.8 Å². The van der Waals surface area contributed by atoms with Crippen LogP contribution in [-0.2, 0) is 26.1 Å². The molecule has 10 nitrogen and oxygen atoms in total. The van der Waals surface area contributed by atoms with E-state index in [-0.39, 0.29) is 12.6 Å². The molecule has 0 radical (unpaired) electrons. The summed E-state index contributed by atoms with van der Waals surface area (Å²) in [4.78, 5) is 14.4. The number of aliphatic hydroxyl groups excluding tert-OH is 1. The van der Waals surface area contributed by atoms with Gasteiger partial charge in [0.05, 0.1) is 24.5 Å². The number of nitrogens with one attached hydrogen (secondary N) is 1. The molecule has 0 bridgehead atoms. The number of aryl methyl sites for hydroxylation is 2. The van der Waals surface area contributed by atoms with Gasteiger partial charge in [-0.2, -0.15) is 9.78 Å². The summed E-state index contributed by atoms with van der Waals surface area (Å²) >= 11 is 0. The Morgan fingerprint density at radius 1 is 1.29 bits per heavy atom. The maximum absolute atomic E-state index is 12.7. The van der Waals surface area contributed by atoms with Gasteiger partial charge in [-0.25, -0.2) is 4.79 Å². The van der Waals surface area contributed by atoms with Crippen LogP contribution < -0.4 is 5.32 Å². The van der Waals surface area contributed by atoms with Crippen LogP contribution in [0.15, 0.2) is 24.3 Å². The lowest BCUT2D eigenvalue weighted by Crippen LogP contribution is -2.39. The SMILES string of the molecule is CCn1nc(CO)c2c1CCN(C(=O)Nc1ccc(-n3nnnc3C)cc1)C2. The third kappa shape index (κ3) is 3.22. The monoisotopic (exact) mass is 382 g/mol. The molecule has 3 aromatic rings. The van der Waals surface area contributed by atoms with Crippen molar-refractivity contribution in [2.75, 3.05) is 11.9 Å². The summed E-state index contributed by atoms with van der Waals surface area (Å²) in [6.07, 6.45) is 0.723. The van der Waals surface area contributed by atoms with Crippen molar-refractivity contribution in [1.29, 1.82) is 0 Å². The van der Waals surface area contributed by atoms with Gasteiger partial charge in [-0.15, -0.1) is 5.10 Å². The number of urea groups is 1. The quantitative estimate of drug-likeness (QED) is 0.702. The molecule has 0 aliphatic carbocycles. The van der Waals surface area contributed by atoms with Gasteiger partial charge in [0.2, 0.25) is 0 Å². The minimum Gasteiger partial charge on any atom is -0.390 e. The first-order valence-corrected chi connectivity index (χ1v) is 9.20. The molecular weight excluding hydrogens is 360 g/mol. The summed E-state index contributed by atoms with van der Waals surface area (Å²) in [7, 11) is 0. The average molecular weight is 382 g/mol. The molecule has 1 aliphatic heterocycles. The minimum absolute atomic E-state index is 0.122. The van der Waals surface area contributed by atoms with Gasteiger partial charge in [0.1, 0.15) is 0 Å². The summed E-state index contributed by atoms with van der Waals surface area (Å²) < 4.78 is 3.54. The van der Waals surface area contributed by atoms with E-state index < -0.39 is 0 Å². The molecule has 0 unspecified atom stereocenters. The molecule has 28 heavy (non-hydrogen) atoms. The Hall–Kier alpha value is -3.27. The lowest BCUT2D eigenvalue weighted by molar-refractivity contribution is 0.204. The molecule has 0 saturated carbocycles. The lowest BCUT2D eigenvalue weighted by Gasteiger charge is -2.28. The molecule has 2 N–H and O–H groups in total. The summed E-state index contributed by atoms with van der Waals surface area (Å²) in [6.45, 7) is 5.52. The lowest BCUT2D eigenvalue weighted by atomic mass is 10.1. The molecule has 3 heterocycles. The van der Waals surface area contributed by atoms with Gasteiger partial charge in [-0.05, 0) is 48.5 Å². The van der Waals surface area contributed by atoms with Crippen molar-refractivity contribution in [1.82, 2.24) is 34.9 Å². The number of amides is 2. The molecule has 1 aromatic carbocycles. The van der Waals surface area contributed by atoms with Crippen molar-refractivity contribution >= 4 is 11.7 Å². The Bertz CT molecular complexity index is 992. The zero-order chi connectivity index (χ0) is 19.7. The molecule has 4 rings (SSSR count). The van der Waals surface area contributed by atoms with Crippen LogP contribution in [0.2, 0.25) is 0 Å². The first-order chi connectivity index (χ1) is 13.6. The molecule has 0 saturated heterocycles. The fourth-order valence-corrected chi connectivity index (χ4v) is 3.48. The van der Waals surface area contributed by atoms with Crippen LogP contribution in [0, 0.1) is 6.92 Å². The van der Waals surface area contributed by atoms with Crippen LogP contribution in [0.3, 0.4) is 0 Å². The van der Waals surface area contributed by atoms with Crippen molar-refractivity contribution in [2.24, 2.45) is 0 Å². The van der Waals surface area contributed by atoms with Crippen molar-refractivity contribution in [3.05, 3.63) is 47.0 Å². The van der Waals surface area contributed by atoms with E-state index in [1.54, 1.807) is 9.58 Å². The van der Waals surface area contributed by atoms with E-state index in [4.69, 9.17) is 0 Å². The predicted octanol–water partition coefficient (Wildman–Crippen LogP) is 1.27. The summed E-state index contributed by atoms with van der Waals surface area (Å²) in [5.41, 5.74) is 4.22. The third-order valence-corrected chi connectivity index (χ3v) is 4.94. The number of carbonyl (C=O) groups is 1. The normalized spacial score (nSPS) is 13.5. The van der Waals surface area contributed by atoms with Gasteiger partial charge >= 0.3 is 6.03 Å². The Morgan fingerprint density at radius 3 is 2.71 bits per heavy atom. The summed E-state index contributed by atoms with van der Waals surface area (Å²) in [5, 5.41) is 28.4. The predicted molar refractivity (Wildman–Crippen MR) is 101 cm³/mol. The number of carbonyl (C=O) groups excluding carboxylic acids is 1. The first kappa shape index (κ1) is 18.1. The second kappa shape index (κ2) is 7.39. The minimum atomic E-state index is -0.176. The number of anilines is 1. The van der Waals surface area contributed by atoms with E-state index in [9.17, 15) is 9.90 Å². The number of hydrogen-bond acceptors (Lipinski definition) is 6. The number of fused-ring (bicyclic) bond motifs is 1. The van der Waals surface area contributed by atoms with Crippen LogP contribution >= 0.6 is 0 Å². The van der Waals surface area contributed by atoms with Gasteiger partial charge in [-0.1, -0.05) is 0 Å². The summed E-state index contributed by atoms with van der Waals surface area (Å²) in [5.74, 6) is 0.688. The van der Waals surface area contributed by atoms with Gasteiger partial charge in [0.25, 0.3) is 0 Å². The Kier molecular flexibility index (Phi) is 4.78. The van der Waals surface area contributed by atoms with Crippen molar-refractivity contribution < 1.29 is 9.90 Å². The molecule has 2 aromatic heterocycles. The second-order valence-corrected chi connectivity index (χ2v) is 6.63. The molecule has 0 spiro atoms. The van der Waals surface area contributed by atoms with E-state index in [0.717, 1.165) is 29.9 Å². The average Bonchev–Trinajstić information content (AvgIpc) is 3.31. The molecule has 0 atom stereocenters. The first-order valence-electron chi connectivity index (χ1n) is 9.20. The highest BCUT2D eigenvalue weighted by molar-refractivity contribution is 5.89. The number of aromatic nitrogens is 6. The molecule has 146 valence electrons. The van der Waals surface area contributed by atoms with E-state index in [1.165, 1.54) is 0 Å². The molecule has 10 heteroatoms. The highest BCUT2D eigenvalue weighted by Gasteiger charge is 2.26. The molecule has 1 aliphatic rings. The van der Waals surface area contributed by atoms with Crippen molar-refractivity contribution in [2.45, 2.75) is 40.0 Å². The van der Waals surface area contributed by atoms with E-state index >= 15 is 0 Å². The summed E-state index contributed by atoms with van der Waals surface area (Å²) in [6, 6.07) is 7.16. The zero-order valence-electron chi connectivity index (χ0n) is 15.8. The molecular formula is C18H22N8O2. The van der Waals surface area contributed by atoms with Gasteiger partial charge in [-0.3, -0.25) is 4.68 Å². The van der Waals surface area contributed by atoms with Crippen LogP contribution in [0.1, 0.15) is 29.7 Å². The topological polar surface area (TPSA) is 114 Å². The molecule has 2 amide bonds. The van der Waals surface area contributed by atoms with Crippen molar-refractivity contribution in [3.63, 3.8) is 0 Å². The fraction of sp³-hybridized carbons (Fsp3) is 0.389. The largest absolute Gasteiger partial charge is 0.390 e. The molecule has 0 fully saturated rings. The number of aliphatic hydroxyl groups is 1. The smallest absolute Gasteiger partial charge is 0.322 e. The number of nitrogens with zero attached hydrogens (tertiary/aromatic N) is 7. The third-order valence-electron chi connectivity index (χ3n) is 4.94. The fourth-order valence-electron chi connectivity index (χ4n) is 3.48. The maximum Gasteiger partial charge on any atom is 0.322 e. The Balaban J connectivity index is 1.46. The van der Waals surface area contributed by atoms with Gasteiger partial charge in [0, 0.05) is 36.5 Å². The Labute approximate surface area is 161 Å². The number of benzene rings is 1. The number of rotatable bonds is 4. The van der Waals surface area contributed by atoms with Crippen LogP contribution in [0.25, 0.3) is 5.69 Å². The van der Waals surface area contributed by atoms with Crippen molar-refractivity contribution in [3.8, 4) is 5.69 Å². The zero-order valence-corrected chi connectivity index (χ0v) is 15.8. The van der Waals surface area contributed by atoms with Gasteiger partial charge < -0.3 is 15.3 Å². The van der Waals surface area contributed by atoms with Gasteiger partial charge in [0.15, 0.2) is 5.82 Å². The van der Waals surface area contributed by atoms with Crippen LogP contribution in [0.4, 0.5) is 10.5 Å². The number of tetrazole rings is 1. The standard InChI is InChI=1S/C18H22N8O2/c1-3-25-17-8-9-24(10-15(17)16(11-27)21-25)18(28)19-13-4-6-14(7-5-13)26-12(2)20-22-23-26/h4-7,27H,3,8-11H2,1-2H3,(H,19,28). The van der Waals surface area contributed by atoms with E-state index in [0.29, 0.717) is 30.3 Å². The highest BCUT2D eigenvalue weighted by atomic mass is 16.3. The van der Waals surface area contributed by atoms with Crippen LogP contribution in [-0.4, -0.2) is 52.6 Å². The van der Waals surface area contributed by atoms with Crippen LogP contribution in [0.5, 0.6) is 0 Å². The maximum atomic E-state index is 12.7. The number of hydrogen-bond donors (Lipinski definition) is 2.